The number of alkyl carbamates (subject to hydrolysis) is 1. The summed E-state index contributed by atoms with van der Waals surface area (Å²) in [5.41, 5.74) is -1.59. The van der Waals surface area contributed by atoms with Gasteiger partial charge in [0.2, 0.25) is 5.91 Å². The Morgan fingerprint density at radius 2 is 1.68 bits per heavy atom. The Morgan fingerprint density at radius 3 is 2.15 bits per heavy atom. The molecular formula is C22H31BrN2O8S. The van der Waals surface area contributed by atoms with Gasteiger partial charge in [0.25, 0.3) is 10.1 Å². The van der Waals surface area contributed by atoms with Crippen LogP contribution in [-0.4, -0.2) is 66.7 Å². The van der Waals surface area contributed by atoms with E-state index in [2.05, 4.69) is 21.2 Å². The number of ether oxygens (including phenoxy) is 1. The average Bonchev–Trinajstić information content (AvgIpc) is 3.07. The van der Waals surface area contributed by atoms with E-state index in [9.17, 15) is 27.9 Å². The summed E-state index contributed by atoms with van der Waals surface area (Å²) in [5, 5.41) is 12.2. The van der Waals surface area contributed by atoms with Crippen molar-refractivity contribution >= 4 is 44.0 Å². The number of carbonyl (C=O) groups excluding carboxylic acids is 2. The van der Waals surface area contributed by atoms with Gasteiger partial charge in [0.15, 0.2) is 0 Å². The molecule has 1 fully saturated rings. The van der Waals surface area contributed by atoms with Crippen molar-refractivity contribution in [3.8, 4) is 0 Å². The number of rotatable bonds is 6. The summed E-state index contributed by atoms with van der Waals surface area (Å²) < 4.78 is 36.5. The van der Waals surface area contributed by atoms with Gasteiger partial charge in [0, 0.05) is 17.4 Å². The van der Waals surface area contributed by atoms with Crippen molar-refractivity contribution in [1.82, 2.24) is 10.2 Å². The molecule has 1 aliphatic heterocycles. The SMILES string of the molecule is CC(C)(C)OC(=O)N[C@H](C(=O)N1C[C@@H](OS(=O)(=O)c2ccc(Br)cc2)C[C@H]1C(=O)O)C(C)(C)C. The number of amides is 2. The minimum atomic E-state index is -4.19. The van der Waals surface area contributed by atoms with Gasteiger partial charge in [-0.05, 0) is 50.5 Å². The molecule has 0 aromatic heterocycles. The standard InChI is InChI=1S/C22H31BrN2O8S/c1-21(2,3)17(24-20(29)32-22(4,5)6)18(26)25-12-14(11-16(25)19(27)28)33-34(30,31)15-9-7-13(23)8-10-15/h7-10,14,16-17H,11-12H2,1-6H3,(H,24,29)(H,27,28)/t14-,16-,17+/m0/s1. The second-order valence-electron chi connectivity index (χ2n) is 10.2. The second-order valence-corrected chi connectivity index (χ2v) is 12.6. The Bertz CT molecular complexity index is 1030. The first kappa shape index (κ1) is 28.1. The van der Waals surface area contributed by atoms with Crippen LogP contribution in [0.25, 0.3) is 0 Å². The van der Waals surface area contributed by atoms with E-state index in [1.807, 2.05) is 0 Å². The van der Waals surface area contributed by atoms with Gasteiger partial charge in [0.05, 0.1) is 11.0 Å². The highest BCUT2D eigenvalue weighted by molar-refractivity contribution is 9.10. The number of halogens is 1. The third-order valence-electron chi connectivity index (χ3n) is 4.97. The molecule has 1 saturated heterocycles. The Balaban J connectivity index is 2.25. The predicted octanol–water partition coefficient (Wildman–Crippen LogP) is 3.15. The van der Waals surface area contributed by atoms with Crippen molar-refractivity contribution in [1.29, 1.82) is 0 Å². The number of hydrogen-bond donors (Lipinski definition) is 2. The van der Waals surface area contributed by atoms with Crippen molar-refractivity contribution < 1.29 is 36.8 Å². The van der Waals surface area contributed by atoms with Crippen LogP contribution >= 0.6 is 15.9 Å². The summed E-state index contributed by atoms with van der Waals surface area (Å²) in [7, 11) is -4.19. The van der Waals surface area contributed by atoms with Gasteiger partial charge in [-0.1, -0.05) is 36.7 Å². The molecule has 190 valence electrons. The molecule has 0 radical (unpaired) electrons. The summed E-state index contributed by atoms with van der Waals surface area (Å²) in [6, 6.07) is 3.35. The minimum Gasteiger partial charge on any atom is -0.480 e. The fraction of sp³-hybridized carbons (Fsp3) is 0.591. The fourth-order valence-electron chi connectivity index (χ4n) is 3.42. The van der Waals surface area contributed by atoms with Crippen molar-refractivity contribution in [2.24, 2.45) is 5.41 Å². The van der Waals surface area contributed by atoms with Gasteiger partial charge in [-0.15, -0.1) is 0 Å². The number of benzene rings is 1. The summed E-state index contributed by atoms with van der Waals surface area (Å²) in [5.74, 6) is -1.97. The maximum absolute atomic E-state index is 13.4. The lowest BCUT2D eigenvalue weighted by Crippen LogP contribution is -2.57. The van der Waals surface area contributed by atoms with Crippen molar-refractivity contribution in [3.05, 3.63) is 28.7 Å². The number of carboxylic acids is 1. The lowest BCUT2D eigenvalue weighted by atomic mass is 9.85. The quantitative estimate of drug-likeness (QED) is 0.504. The predicted molar refractivity (Wildman–Crippen MR) is 127 cm³/mol. The fourth-order valence-corrected chi connectivity index (χ4v) is 4.76. The first-order chi connectivity index (χ1) is 15.4. The van der Waals surface area contributed by atoms with Crippen molar-refractivity contribution in [2.45, 2.75) is 76.6 Å². The zero-order valence-corrected chi connectivity index (χ0v) is 22.4. The van der Waals surface area contributed by atoms with Crippen LogP contribution in [0.4, 0.5) is 4.79 Å². The molecule has 1 aliphatic rings. The maximum Gasteiger partial charge on any atom is 0.408 e. The molecule has 0 bridgehead atoms. The van der Waals surface area contributed by atoms with E-state index < -0.39 is 57.3 Å². The van der Waals surface area contributed by atoms with Gasteiger partial charge >= 0.3 is 12.1 Å². The van der Waals surface area contributed by atoms with Crippen LogP contribution in [0.2, 0.25) is 0 Å². The van der Waals surface area contributed by atoms with Crippen LogP contribution in [0, 0.1) is 5.41 Å². The Hall–Kier alpha value is -2.18. The van der Waals surface area contributed by atoms with Crippen LogP contribution in [0.15, 0.2) is 33.6 Å². The number of carbonyl (C=O) groups is 3. The summed E-state index contributed by atoms with van der Waals surface area (Å²) in [4.78, 5) is 38.6. The Labute approximate surface area is 208 Å². The number of carboxylic acid groups (broad SMARTS) is 1. The van der Waals surface area contributed by atoms with E-state index in [1.54, 1.807) is 41.5 Å². The Kier molecular flexibility index (Phi) is 8.42. The van der Waals surface area contributed by atoms with Gasteiger partial charge in [-0.3, -0.25) is 8.98 Å². The Morgan fingerprint density at radius 1 is 1.12 bits per heavy atom. The first-order valence-corrected chi connectivity index (χ1v) is 12.8. The normalized spacial score (nSPS) is 20.0. The first-order valence-electron chi connectivity index (χ1n) is 10.6. The molecule has 3 atom stereocenters. The number of nitrogens with one attached hydrogen (secondary N) is 1. The van der Waals surface area contributed by atoms with Gasteiger partial charge < -0.3 is 20.1 Å². The van der Waals surface area contributed by atoms with Crippen molar-refractivity contribution in [3.63, 3.8) is 0 Å². The number of hydrogen-bond acceptors (Lipinski definition) is 7. The van der Waals surface area contributed by atoms with E-state index in [4.69, 9.17) is 8.92 Å². The van der Waals surface area contributed by atoms with Crippen LogP contribution in [0.5, 0.6) is 0 Å². The highest BCUT2D eigenvalue weighted by Gasteiger charge is 2.46. The molecule has 2 amide bonds. The molecule has 0 saturated carbocycles. The van der Waals surface area contributed by atoms with E-state index >= 15 is 0 Å². The van der Waals surface area contributed by atoms with Crippen molar-refractivity contribution in [2.75, 3.05) is 6.54 Å². The molecule has 12 heteroatoms. The van der Waals surface area contributed by atoms with E-state index in [-0.39, 0.29) is 17.9 Å². The highest BCUT2D eigenvalue weighted by atomic mass is 79.9. The molecule has 0 spiro atoms. The molecule has 34 heavy (non-hydrogen) atoms. The maximum atomic E-state index is 13.4. The number of aliphatic carboxylic acids is 1. The monoisotopic (exact) mass is 562 g/mol. The lowest BCUT2D eigenvalue weighted by Gasteiger charge is -2.35. The van der Waals surface area contributed by atoms with Gasteiger partial charge in [0.1, 0.15) is 17.7 Å². The van der Waals surface area contributed by atoms with Gasteiger partial charge in [-0.2, -0.15) is 8.42 Å². The minimum absolute atomic E-state index is 0.0912. The lowest BCUT2D eigenvalue weighted by molar-refractivity contribution is -0.150. The molecule has 0 unspecified atom stereocenters. The summed E-state index contributed by atoms with van der Waals surface area (Å²) >= 11 is 3.23. The molecule has 1 aromatic rings. The topological polar surface area (TPSA) is 139 Å². The molecule has 0 aliphatic carbocycles. The molecule has 2 rings (SSSR count). The van der Waals surface area contributed by atoms with Crippen LogP contribution in [0.3, 0.4) is 0 Å². The van der Waals surface area contributed by atoms with Crippen LogP contribution in [0.1, 0.15) is 48.0 Å². The molecule has 1 aromatic carbocycles. The van der Waals surface area contributed by atoms with Gasteiger partial charge in [-0.25, -0.2) is 9.59 Å². The molecule has 1 heterocycles. The van der Waals surface area contributed by atoms with E-state index in [1.165, 1.54) is 24.3 Å². The average molecular weight is 563 g/mol. The largest absolute Gasteiger partial charge is 0.480 e. The zero-order valence-electron chi connectivity index (χ0n) is 20.0. The zero-order chi connectivity index (χ0) is 26.1. The third kappa shape index (κ3) is 7.41. The summed E-state index contributed by atoms with van der Waals surface area (Å²) in [6.07, 6.45) is -2.11. The number of likely N-dealkylation sites (tertiary alicyclic amines) is 1. The number of nitrogens with zero attached hydrogens (tertiary/aromatic N) is 1. The smallest absolute Gasteiger partial charge is 0.408 e. The molecule has 2 N–H and O–H groups in total. The molecular weight excluding hydrogens is 532 g/mol. The van der Waals surface area contributed by atoms with E-state index in [0.29, 0.717) is 4.47 Å². The van der Waals surface area contributed by atoms with E-state index in [0.717, 1.165) is 4.90 Å². The van der Waals surface area contributed by atoms with Crippen LogP contribution < -0.4 is 5.32 Å². The highest BCUT2D eigenvalue weighted by Crippen LogP contribution is 2.29. The van der Waals surface area contributed by atoms with Crippen LogP contribution in [-0.2, 0) is 28.6 Å². The molecule has 10 nitrogen and oxygen atoms in total. The third-order valence-corrected chi connectivity index (χ3v) is 6.87. The second kappa shape index (κ2) is 10.2. The summed E-state index contributed by atoms with van der Waals surface area (Å²) in [6.45, 7) is 9.90.